The molecule has 1 atom stereocenters. The highest BCUT2D eigenvalue weighted by atomic mass is 35.5. The second-order valence-corrected chi connectivity index (χ2v) is 10.4. The molecule has 7 heteroatoms. The van der Waals surface area contributed by atoms with Crippen LogP contribution in [0.3, 0.4) is 0 Å². The minimum Gasteiger partial charge on any atom is -0.348 e. The van der Waals surface area contributed by atoms with E-state index < -0.39 is 15.9 Å². The number of benzene rings is 3. The van der Waals surface area contributed by atoms with E-state index in [1.165, 1.54) is 0 Å². The molecule has 0 spiro atoms. The number of nitrogens with one attached hydrogen (secondary N) is 1. The van der Waals surface area contributed by atoms with Gasteiger partial charge in [0, 0.05) is 5.02 Å². The number of aryl methyl sites for hydroxylation is 2. The average Bonchev–Trinajstić information content (AvgIpc) is 2.79. The van der Waals surface area contributed by atoms with Gasteiger partial charge in [0.1, 0.15) is 6.54 Å². The topological polar surface area (TPSA) is 66.5 Å². The fraction of sp³-hybridized carbons (Fsp3) is 0.269. The Morgan fingerprint density at radius 2 is 1.52 bits per heavy atom. The van der Waals surface area contributed by atoms with Crippen molar-refractivity contribution in [1.29, 1.82) is 0 Å². The summed E-state index contributed by atoms with van der Waals surface area (Å²) in [5.74, 6) is -0.391. The number of carbonyl (C=O) groups excluding carboxylic acids is 1. The Hall–Kier alpha value is -2.83. The molecule has 1 N–H and O–H groups in total. The van der Waals surface area contributed by atoms with Gasteiger partial charge in [0.25, 0.3) is 10.0 Å². The fourth-order valence-electron chi connectivity index (χ4n) is 3.59. The lowest BCUT2D eigenvalue weighted by Gasteiger charge is -2.27. The molecule has 5 nitrogen and oxygen atoms in total. The lowest BCUT2D eigenvalue weighted by Crippen LogP contribution is -2.42. The van der Waals surface area contributed by atoms with Gasteiger partial charge in [-0.25, -0.2) is 8.42 Å². The van der Waals surface area contributed by atoms with E-state index in [4.69, 9.17) is 11.6 Å². The highest BCUT2D eigenvalue weighted by Gasteiger charge is 2.29. The molecule has 0 unspecified atom stereocenters. The number of anilines is 1. The zero-order valence-corrected chi connectivity index (χ0v) is 20.9. The van der Waals surface area contributed by atoms with Crippen LogP contribution >= 0.6 is 11.6 Å². The van der Waals surface area contributed by atoms with Crippen molar-refractivity contribution in [2.45, 2.75) is 45.1 Å². The molecule has 0 heterocycles. The van der Waals surface area contributed by atoms with Crippen LogP contribution in [0.5, 0.6) is 0 Å². The van der Waals surface area contributed by atoms with Gasteiger partial charge in [-0.05, 0) is 62.6 Å². The molecule has 3 rings (SSSR count). The summed E-state index contributed by atoms with van der Waals surface area (Å²) in [4.78, 5) is 13.2. The number of rotatable bonds is 8. The van der Waals surface area contributed by atoms with Crippen molar-refractivity contribution in [3.05, 3.63) is 94.0 Å². The van der Waals surface area contributed by atoms with Crippen LogP contribution in [-0.2, 0) is 14.8 Å². The Kier molecular flexibility index (Phi) is 7.82. The summed E-state index contributed by atoms with van der Waals surface area (Å²) in [5, 5.41) is 3.42. The van der Waals surface area contributed by atoms with Crippen LogP contribution in [-0.4, -0.2) is 20.9 Å². The molecule has 0 saturated carbocycles. The standard InChI is InChI=1S/C26H29ClN2O3S/c1-5-24(21-13-9-18(2)10-14-21)28-26(30)17-29(25-8-6-7-23(27)20(25)4)33(31,32)22-15-11-19(3)12-16-22/h6-16,24H,5,17H2,1-4H3,(H,28,30)/t24-/m1/s1. The van der Waals surface area contributed by atoms with Gasteiger partial charge in [0.05, 0.1) is 16.6 Å². The van der Waals surface area contributed by atoms with E-state index in [-0.39, 0.29) is 17.5 Å². The first-order valence-corrected chi connectivity index (χ1v) is 12.7. The molecule has 0 aliphatic carbocycles. The largest absolute Gasteiger partial charge is 0.348 e. The van der Waals surface area contributed by atoms with Crippen LogP contribution < -0.4 is 9.62 Å². The summed E-state index contributed by atoms with van der Waals surface area (Å²) in [6, 6.07) is 19.3. The fourth-order valence-corrected chi connectivity index (χ4v) is 5.24. The molecule has 174 valence electrons. The molecule has 0 aliphatic heterocycles. The van der Waals surface area contributed by atoms with Gasteiger partial charge in [-0.1, -0.05) is 72.1 Å². The number of hydrogen-bond donors (Lipinski definition) is 1. The summed E-state index contributed by atoms with van der Waals surface area (Å²) in [5.41, 5.74) is 4.02. The molecule has 0 fully saturated rings. The average molecular weight is 485 g/mol. The van der Waals surface area contributed by atoms with Crippen LogP contribution in [0, 0.1) is 20.8 Å². The normalized spacial score (nSPS) is 12.3. The van der Waals surface area contributed by atoms with Crippen molar-refractivity contribution in [2.75, 3.05) is 10.8 Å². The summed E-state index contributed by atoms with van der Waals surface area (Å²) in [6.45, 7) is 7.25. The molecule has 0 aromatic heterocycles. The zero-order chi connectivity index (χ0) is 24.2. The van der Waals surface area contributed by atoms with Crippen molar-refractivity contribution < 1.29 is 13.2 Å². The Balaban J connectivity index is 1.95. The Morgan fingerprint density at radius 3 is 2.09 bits per heavy atom. The van der Waals surface area contributed by atoms with Gasteiger partial charge in [-0.2, -0.15) is 0 Å². The SMILES string of the molecule is CC[C@@H](NC(=O)CN(c1cccc(Cl)c1C)S(=O)(=O)c1ccc(C)cc1)c1ccc(C)cc1. The third kappa shape index (κ3) is 5.75. The van der Waals surface area contributed by atoms with Crippen LogP contribution in [0.25, 0.3) is 0 Å². The molecule has 3 aromatic carbocycles. The maximum atomic E-state index is 13.6. The van der Waals surface area contributed by atoms with E-state index in [1.807, 2.05) is 45.0 Å². The summed E-state index contributed by atoms with van der Waals surface area (Å²) >= 11 is 6.29. The number of amides is 1. The lowest BCUT2D eigenvalue weighted by molar-refractivity contribution is -0.120. The third-order valence-corrected chi connectivity index (χ3v) is 7.81. The predicted octanol–water partition coefficient (Wildman–Crippen LogP) is 5.73. The number of halogens is 1. The minimum absolute atomic E-state index is 0.117. The molecule has 0 saturated heterocycles. The molecular formula is C26H29ClN2O3S. The van der Waals surface area contributed by atoms with Gasteiger partial charge >= 0.3 is 0 Å². The van der Waals surface area contributed by atoms with E-state index in [2.05, 4.69) is 5.32 Å². The van der Waals surface area contributed by atoms with Gasteiger partial charge in [-0.3, -0.25) is 9.10 Å². The van der Waals surface area contributed by atoms with E-state index >= 15 is 0 Å². The van der Waals surface area contributed by atoms with E-state index in [0.717, 1.165) is 21.0 Å². The molecule has 33 heavy (non-hydrogen) atoms. The summed E-state index contributed by atoms with van der Waals surface area (Å²) in [7, 11) is -4.00. The monoisotopic (exact) mass is 484 g/mol. The first-order valence-electron chi connectivity index (χ1n) is 10.8. The molecule has 0 aliphatic rings. The second kappa shape index (κ2) is 10.4. The molecule has 0 radical (unpaired) electrons. The van der Waals surface area contributed by atoms with Gasteiger partial charge in [0.15, 0.2) is 0 Å². The Morgan fingerprint density at radius 1 is 0.939 bits per heavy atom. The van der Waals surface area contributed by atoms with Crippen LogP contribution in [0.4, 0.5) is 5.69 Å². The van der Waals surface area contributed by atoms with E-state index in [0.29, 0.717) is 22.7 Å². The van der Waals surface area contributed by atoms with Crippen molar-refractivity contribution >= 4 is 33.2 Å². The van der Waals surface area contributed by atoms with Crippen LogP contribution in [0.2, 0.25) is 5.02 Å². The minimum atomic E-state index is -4.00. The lowest BCUT2D eigenvalue weighted by atomic mass is 10.0. The van der Waals surface area contributed by atoms with Crippen LogP contribution in [0.1, 0.15) is 41.6 Å². The van der Waals surface area contributed by atoms with Crippen molar-refractivity contribution in [1.82, 2.24) is 5.32 Å². The molecule has 3 aromatic rings. The first kappa shape index (κ1) is 24.8. The molecular weight excluding hydrogens is 456 g/mol. The van der Waals surface area contributed by atoms with Crippen molar-refractivity contribution in [2.24, 2.45) is 0 Å². The van der Waals surface area contributed by atoms with Crippen molar-refractivity contribution in [3.8, 4) is 0 Å². The molecule has 0 bridgehead atoms. The summed E-state index contributed by atoms with van der Waals surface area (Å²) < 4.78 is 28.4. The van der Waals surface area contributed by atoms with Gasteiger partial charge in [-0.15, -0.1) is 0 Å². The van der Waals surface area contributed by atoms with Gasteiger partial charge < -0.3 is 5.32 Å². The predicted molar refractivity (Wildman–Crippen MR) is 134 cm³/mol. The Bertz CT molecular complexity index is 1220. The maximum absolute atomic E-state index is 13.6. The number of sulfonamides is 1. The highest BCUT2D eigenvalue weighted by Crippen LogP contribution is 2.31. The van der Waals surface area contributed by atoms with Crippen LogP contribution in [0.15, 0.2) is 71.6 Å². The van der Waals surface area contributed by atoms with E-state index in [9.17, 15) is 13.2 Å². The smallest absolute Gasteiger partial charge is 0.264 e. The number of hydrogen-bond acceptors (Lipinski definition) is 3. The second-order valence-electron chi connectivity index (χ2n) is 8.15. The maximum Gasteiger partial charge on any atom is 0.264 e. The van der Waals surface area contributed by atoms with Gasteiger partial charge in [0.2, 0.25) is 5.91 Å². The Labute approximate surface area is 201 Å². The number of carbonyl (C=O) groups is 1. The van der Waals surface area contributed by atoms with E-state index in [1.54, 1.807) is 49.4 Å². The quantitative estimate of drug-likeness (QED) is 0.444. The third-order valence-electron chi connectivity index (χ3n) is 5.63. The summed E-state index contributed by atoms with van der Waals surface area (Å²) in [6.07, 6.45) is 0.676. The highest BCUT2D eigenvalue weighted by molar-refractivity contribution is 7.92. The first-order chi connectivity index (χ1) is 15.6. The zero-order valence-electron chi connectivity index (χ0n) is 19.3. The molecule has 1 amide bonds. The van der Waals surface area contributed by atoms with Crippen molar-refractivity contribution in [3.63, 3.8) is 0 Å². The number of nitrogens with zero attached hydrogens (tertiary/aromatic N) is 1.